The molecule has 0 bridgehead atoms. The quantitative estimate of drug-likeness (QED) is 0.725. The Balaban J connectivity index is 2.97. The molecule has 0 amide bonds. The molecule has 1 aromatic carbocycles. The molecule has 0 radical (unpaired) electrons. The van der Waals surface area contributed by atoms with Crippen LogP contribution in [0.2, 0.25) is 0 Å². The van der Waals surface area contributed by atoms with Crippen LogP contribution in [0.3, 0.4) is 0 Å². The number of nitrogens with one attached hydrogen (secondary N) is 1. The average Bonchev–Trinajstić information content (AvgIpc) is 2.30. The van der Waals surface area contributed by atoms with Gasteiger partial charge in [0.1, 0.15) is 16.3 Å². The van der Waals surface area contributed by atoms with E-state index in [1.165, 1.54) is 12.1 Å². The molecule has 108 valence electrons. The molecule has 4 nitrogen and oxygen atoms in total. The summed E-state index contributed by atoms with van der Waals surface area (Å²) in [5.41, 5.74) is 0.298. The summed E-state index contributed by atoms with van der Waals surface area (Å²) in [6.45, 7) is 5.25. The number of aliphatic hydroxyl groups is 1. The Bertz CT molecular complexity index is 423. The molecule has 1 rings (SSSR count). The SMILES string of the molecule is CC(C)(C)[S@@+]([O-])NC(CCO)c1cc(F)ccc1O. The lowest BCUT2D eigenvalue weighted by molar-refractivity contribution is 0.271. The molecule has 0 aliphatic carbocycles. The van der Waals surface area contributed by atoms with Gasteiger partial charge in [-0.1, -0.05) is 0 Å². The zero-order chi connectivity index (χ0) is 14.6. The van der Waals surface area contributed by atoms with E-state index in [1.54, 1.807) is 20.8 Å². The number of aromatic hydroxyl groups is 1. The minimum atomic E-state index is -1.38. The highest BCUT2D eigenvalue weighted by atomic mass is 32.2. The van der Waals surface area contributed by atoms with Gasteiger partial charge >= 0.3 is 0 Å². The normalized spacial score (nSPS) is 15.3. The molecule has 19 heavy (non-hydrogen) atoms. The predicted molar refractivity (Wildman–Crippen MR) is 73.5 cm³/mol. The zero-order valence-electron chi connectivity index (χ0n) is 11.3. The van der Waals surface area contributed by atoms with E-state index < -0.39 is 28.0 Å². The van der Waals surface area contributed by atoms with Gasteiger partial charge in [-0.15, -0.1) is 4.72 Å². The van der Waals surface area contributed by atoms with E-state index in [0.717, 1.165) is 6.07 Å². The summed E-state index contributed by atoms with van der Waals surface area (Å²) in [7, 11) is 0. The Morgan fingerprint density at radius 2 is 2.05 bits per heavy atom. The number of phenolic OH excluding ortho intramolecular Hbond substituents is 1. The Morgan fingerprint density at radius 1 is 1.42 bits per heavy atom. The summed E-state index contributed by atoms with van der Waals surface area (Å²) >= 11 is -1.38. The van der Waals surface area contributed by atoms with Crippen LogP contribution in [0, 0.1) is 5.82 Å². The lowest BCUT2D eigenvalue weighted by atomic mass is 10.0. The summed E-state index contributed by atoms with van der Waals surface area (Å²) in [6.07, 6.45) is 0.235. The van der Waals surface area contributed by atoms with Crippen LogP contribution in [0.25, 0.3) is 0 Å². The first kappa shape index (κ1) is 16.2. The van der Waals surface area contributed by atoms with Crippen molar-refractivity contribution in [2.45, 2.75) is 38.0 Å². The molecular weight excluding hydrogens is 269 g/mol. The van der Waals surface area contributed by atoms with Crippen molar-refractivity contribution >= 4 is 11.4 Å². The van der Waals surface area contributed by atoms with Crippen LogP contribution < -0.4 is 4.72 Å². The maximum atomic E-state index is 13.2. The van der Waals surface area contributed by atoms with Gasteiger partial charge in [-0.05, 0) is 45.4 Å². The summed E-state index contributed by atoms with van der Waals surface area (Å²) in [4.78, 5) is 0. The fourth-order valence-corrected chi connectivity index (χ4v) is 2.37. The number of benzene rings is 1. The largest absolute Gasteiger partial charge is 0.598 e. The molecule has 0 aliphatic heterocycles. The number of rotatable bonds is 5. The first-order chi connectivity index (χ1) is 8.75. The second-order valence-electron chi connectivity index (χ2n) is 5.27. The molecule has 2 atom stereocenters. The topological polar surface area (TPSA) is 75.5 Å². The third kappa shape index (κ3) is 4.65. The van der Waals surface area contributed by atoms with Crippen molar-refractivity contribution in [3.63, 3.8) is 0 Å². The Labute approximate surface area is 116 Å². The average molecular weight is 289 g/mol. The van der Waals surface area contributed by atoms with Crippen molar-refractivity contribution in [3.8, 4) is 5.75 Å². The molecule has 0 spiro atoms. The van der Waals surface area contributed by atoms with E-state index >= 15 is 0 Å². The van der Waals surface area contributed by atoms with Crippen LogP contribution in [-0.4, -0.2) is 26.1 Å². The molecule has 0 aromatic heterocycles. The van der Waals surface area contributed by atoms with Crippen molar-refractivity contribution in [1.82, 2.24) is 4.72 Å². The van der Waals surface area contributed by atoms with Crippen LogP contribution in [0.4, 0.5) is 4.39 Å². The summed E-state index contributed by atoms with van der Waals surface area (Å²) in [6, 6.07) is 3.01. The van der Waals surface area contributed by atoms with Crippen molar-refractivity contribution in [1.29, 1.82) is 0 Å². The van der Waals surface area contributed by atoms with Gasteiger partial charge < -0.3 is 14.8 Å². The maximum absolute atomic E-state index is 13.2. The van der Waals surface area contributed by atoms with Gasteiger partial charge in [-0.2, -0.15) is 0 Å². The van der Waals surface area contributed by atoms with Crippen LogP contribution in [0.15, 0.2) is 18.2 Å². The second kappa shape index (κ2) is 6.56. The third-order valence-electron chi connectivity index (χ3n) is 2.59. The van der Waals surface area contributed by atoms with E-state index in [-0.39, 0.29) is 18.8 Å². The number of hydrogen-bond donors (Lipinski definition) is 3. The summed E-state index contributed by atoms with van der Waals surface area (Å²) in [5.74, 6) is -0.572. The van der Waals surface area contributed by atoms with Gasteiger partial charge in [0.15, 0.2) is 0 Å². The Morgan fingerprint density at radius 3 is 2.58 bits per heavy atom. The van der Waals surface area contributed by atoms with Gasteiger partial charge in [0.25, 0.3) is 0 Å². The van der Waals surface area contributed by atoms with Gasteiger partial charge in [0, 0.05) is 23.5 Å². The van der Waals surface area contributed by atoms with Crippen LogP contribution in [0.1, 0.15) is 38.8 Å². The van der Waals surface area contributed by atoms with E-state index in [9.17, 15) is 14.0 Å². The lowest BCUT2D eigenvalue weighted by Crippen LogP contribution is -2.41. The molecule has 0 saturated carbocycles. The monoisotopic (exact) mass is 289 g/mol. The fraction of sp³-hybridized carbons (Fsp3) is 0.538. The number of phenols is 1. The number of aliphatic hydroxyl groups excluding tert-OH is 1. The highest BCUT2D eigenvalue weighted by Crippen LogP contribution is 2.29. The van der Waals surface area contributed by atoms with Crippen molar-refractivity contribution in [2.75, 3.05) is 6.61 Å². The summed E-state index contributed by atoms with van der Waals surface area (Å²) < 4.78 is 27.6. The van der Waals surface area contributed by atoms with E-state index in [2.05, 4.69) is 4.72 Å². The van der Waals surface area contributed by atoms with Gasteiger partial charge in [0.2, 0.25) is 0 Å². The second-order valence-corrected chi connectivity index (χ2v) is 7.26. The Kier molecular flexibility index (Phi) is 5.61. The van der Waals surface area contributed by atoms with Crippen molar-refractivity contribution < 1.29 is 19.2 Å². The van der Waals surface area contributed by atoms with Crippen LogP contribution >= 0.6 is 0 Å². The molecule has 0 aliphatic rings. The maximum Gasteiger partial charge on any atom is 0.136 e. The standard InChI is InChI=1S/C13H20FNO3S/c1-13(2,3)19(18)15-11(6-7-16)10-8-9(14)4-5-12(10)17/h4-5,8,11,15-17H,6-7H2,1-3H3/t11?,19-/m1/s1. The molecular formula is C13H20FNO3S. The minimum Gasteiger partial charge on any atom is -0.598 e. The van der Waals surface area contributed by atoms with Gasteiger partial charge in [-0.25, -0.2) is 4.39 Å². The molecule has 1 aromatic rings. The highest BCUT2D eigenvalue weighted by molar-refractivity contribution is 7.90. The fourth-order valence-electron chi connectivity index (χ4n) is 1.52. The number of halogens is 1. The molecule has 0 saturated heterocycles. The van der Waals surface area contributed by atoms with Crippen molar-refractivity contribution in [3.05, 3.63) is 29.6 Å². The Hall–Kier alpha value is -0.820. The molecule has 6 heteroatoms. The van der Waals surface area contributed by atoms with Gasteiger partial charge in [0.05, 0.1) is 6.04 Å². The molecule has 1 unspecified atom stereocenters. The smallest absolute Gasteiger partial charge is 0.136 e. The first-order valence-corrected chi connectivity index (χ1v) is 7.18. The van der Waals surface area contributed by atoms with Crippen LogP contribution in [-0.2, 0) is 11.4 Å². The van der Waals surface area contributed by atoms with E-state index in [1.807, 2.05) is 0 Å². The third-order valence-corrected chi connectivity index (χ3v) is 4.20. The molecule has 3 N–H and O–H groups in total. The van der Waals surface area contributed by atoms with E-state index in [0.29, 0.717) is 5.56 Å². The van der Waals surface area contributed by atoms with Crippen LogP contribution in [0.5, 0.6) is 5.75 Å². The van der Waals surface area contributed by atoms with E-state index in [4.69, 9.17) is 5.11 Å². The number of hydrogen-bond acceptors (Lipinski definition) is 4. The first-order valence-electron chi connectivity index (χ1n) is 6.03. The molecule has 0 heterocycles. The summed E-state index contributed by atoms with van der Waals surface area (Å²) in [5, 5.41) is 18.8. The zero-order valence-corrected chi connectivity index (χ0v) is 12.1. The van der Waals surface area contributed by atoms with Crippen molar-refractivity contribution in [2.24, 2.45) is 0 Å². The van der Waals surface area contributed by atoms with Gasteiger partial charge in [-0.3, -0.25) is 0 Å². The molecule has 0 fully saturated rings. The predicted octanol–water partition coefficient (Wildman–Crippen LogP) is 2.01. The lowest BCUT2D eigenvalue weighted by Gasteiger charge is -2.28. The highest BCUT2D eigenvalue weighted by Gasteiger charge is 2.30. The minimum absolute atomic E-state index is 0.0849.